The molecular weight excluding hydrogens is 620 g/mol. The van der Waals surface area contributed by atoms with Crippen molar-refractivity contribution in [2.75, 3.05) is 20.3 Å². The van der Waals surface area contributed by atoms with E-state index in [-0.39, 0.29) is 12.1 Å². The predicted octanol–water partition coefficient (Wildman–Crippen LogP) is 1.61. The molecule has 0 aromatic rings. The molecule has 1 unspecified atom stereocenters. The number of methoxy groups -OCH3 is 1. The van der Waals surface area contributed by atoms with E-state index in [4.69, 9.17) is 23.7 Å². The van der Waals surface area contributed by atoms with Crippen LogP contribution in [0.25, 0.3) is 0 Å². The maximum atomic E-state index is 11.2. The first kappa shape index (κ1) is 41.7. The Morgan fingerprint density at radius 3 is 1.72 bits per heavy atom. The van der Waals surface area contributed by atoms with Crippen molar-refractivity contribution in [2.24, 2.45) is 0 Å². The second-order valence-corrected chi connectivity index (χ2v) is 12.8. The Balaban J connectivity index is 1.71. The summed E-state index contributed by atoms with van der Waals surface area (Å²) in [6, 6.07) is 0. The minimum atomic E-state index is -1.74. The van der Waals surface area contributed by atoms with E-state index in [1.165, 1.54) is 45.6 Å². The van der Waals surface area contributed by atoms with Gasteiger partial charge in [0.2, 0.25) is 0 Å². The zero-order valence-electron chi connectivity index (χ0n) is 28.3. The number of aliphatic hydroxyl groups excluding tert-OH is 6. The molecule has 2 aliphatic heterocycles. The highest BCUT2D eigenvalue weighted by molar-refractivity contribution is 5.69. The van der Waals surface area contributed by atoms with Gasteiger partial charge in [-0.2, -0.15) is 0 Å². The standard InChI is InChI=1S/C33H60O14/c1-21(17-15-13-11-9-7-5-4-6-8-10-12-14-16-18-25(36)42-3)44-33-31(29(40)26(37)23(19-34)45-33)47-32-30(41)28(39)27(38)24(46-32)20-43-22(2)35/h21,23-24,26-34,37-41H,4-20H2,1-3H3/t21?,23-,24-,26-,27-,28+,29+,30-,31-,32+,33-/m1/s1. The highest BCUT2D eigenvalue weighted by Crippen LogP contribution is 2.31. The van der Waals surface area contributed by atoms with Gasteiger partial charge in [-0.15, -0.1) is 0 Å². The van der Waals surface area contributed by atoms with Crippen molar-refractivity contribution in [1.82, 2.24) is 0 Å². The van der Waals surface area contributed by atoms with Crippen molar-refractivity contribution < 1.29 is 68.6 Å². The number of aliphatic hydroxyl groups is 6. The predicted molar refractivity (Wildman–Crippen MR) is 168 cm³/mol. The Morgan fingerprint density at radius 1 is 0.681 bits per heavy atom. The lowest BCUT2D eigenvalue weighted by Crippen LogP contribution is -2.65. The Hall–Kier alpha value is -1.46. The molecule has 2 saturated heterocycles. The average molecular weight is 681 g/mol. The molecule has 2 aliphatic rings. The molecule has 14 heteroatoms. The average Bonchev–Trinajstić information content (AvgIpc) is 3.05. The summed E-state index contributed by atoms with van der Waals surface area (Å²) in [4.78, 5) is 22.3. The van der Waals surface area contributed by atoms with Crippen LogP contribution in [0.3, 0.4) is 0 Å². The number of esters is 2. The van der Waals surface area contributed by atoms with Crippen LogP contribution in [0.5, 0.6) is 0 Å². The monoisotopic (exact) mass is 680 g/mol. The molecule has 276 valence electrons. The molecule has 0 radical (unpaired) electrons. The van der Waals surface area contributed by atoms with Gasteiger partial charge in [0, 0.05) is 13.3 Å². The lowest BCUT2D eigenvalue weighted by Gasteiger charge is -2.46. The smallest absolute Gasteiger partial charge is 0.305 e. The largest absolute Gasteiger partial charge is 0.469 e. The molecule has 2 heterocycles. The van der Waals surface area contributed by atoms with Crippen molar-refractivity contribution in [3.63, 3.8) is 0 Å². The lowest BCUT2D eigenvalue weighted by atomic mass is 9.97. The Morgan fingerprint density at radius 2 is 1.19 bits per heavy atom. The van der Waals surface area contributed by atoms with Crippen molar-refractivity contribution in [2.45, 2.75) is 178 Å². The normalized spacial score (nSPS) is 31.8. The summed E-state index contributed by atoms with van der Waals surface area (Å²) in [5.74, 6) is -0.770. The zero-order valence-corrected chi connectivity index (χ0v) is 28.3. The highest BCUT2D eigenvalue weighted by Gasteiger charge is 2.51. The fraction of sp³-hybridized carbons (Fsp3) is 0.939. The number of ether oxygens (including phenoxy) is 6. The topological polar surface area (TPSA) is 211 Å². The maximum absolute atomic E-state index is 11.2. The van der Waals surface area contributed by atoms with E-state index in [2.05, 4.69) is 4.74 Å². The molecule has 0 amide bonds. The molecule has 0 aromatic carbocycles. The summed E-state index contributed by atoms with van der Waals surface area (Å²) in [5, 5.41) is 62.1. The Labute approximate surface area is 278 Å². The van der Waals surface area contributed by atoms with E-state index in [0.29, 0.717) is 12.8 Å². The first-order valence-corrected chi connectivity index (χ1v) is 17.3. The van der Waals surface area contributed by atoms with Gasteiger partial charge >= 0.3 is 11.9 Å². The van der Waals surface area contributed by atoms with E-state index in [1.807, 2.05) is 6.92 Å². The molecule has 0 saturated carbocycles. The van der Waals surface area contributed by atoms with Crippen LogP contribution in [-0.2, 0) is 38.0 Å². The molecule has 0 bridgehead atoms. The van der Waals surface area contributed by atoms with Gasteiger partial charge in [0.1, 0.15) is 55.4 Å². The second kappa shape index (κ2) is 23.0. The van der Waals surface area contributed by atoms with Crippen molar-refractivity contribution in [3.05, 3.63) is 0 Å². The van der Waals surface area contributed by atoms with Gasteiger partial charge in [-0.25, -0.2) is 0 Å². The van der Waals surface area contributed by atoms with Crippen LogP contribution in [0.4, 0.5) is 0 Å². The van der Waals surface area contributed by atoms with E-state index >= 15 is 0 Å². The molecule has 47 heavy (non-hydrogen) atoms. The molecule has 0 aromatic heterocycles. The molecule has 11 atom stereocenters. The molecule has 0 aliphatic carbocycles. The van der Waals surface area contributed by atoms with Gasteiger partial charge in [0.25, 0.3) is 0 Å². The Bertz CT molecular complexity index is 861. The van der Waals surface area contributed by atoms with Crippen molar-refractivity contribution in [1.29, 1.82) is 0 Å². The Kier molecular flexibility index (Phi) is 20.4. The van der Waals surface area contributed by atoms with Gasteiger partial charge in [0.15, 0.2) is 12.6 Å². The molecule has 14 nitrogen and oxygen atoms in total. The van der Waals surface area contributed by atoms with Crippen LogP contribution in [0, 0.1) is 0 Å². The van der Waals surface area contributed by atoms with E-state index in [1.54, 1.807) is 0 Å². The summed E-state index contributed by atoms with van der Waals surface area (Å²) in [5.41, 5.74) is 0. The van der Waals surface area contributed by atoms with Crippen LogP contribution in [0.15, 0.2) is 0 Å². The quantitative estimate of drug-likeness (QED) is 0.0669. The third kappa shape index (κ3) is 14.9. The minimum Gasteiger partial charge on any atom is -0.469 e. The van der Waals surface area contributed by atoms with Gasteiger partial charge < -0.3 is 59.1 Å². The lowest BCUT2D eigenvalue weighted by molar-refractivity contribution is -0.371. The number of hydrogen-bond acceptors (Lipinski definition) is 14. The fourth-order valence-corrected chi connectivity index (χ4v) is 5.88. The first-order valence-electron chi connectivity index (χ1n) is 17.3. The number of unbranched alkanes of at least 4 members (excludes halogenated alkanes) is 12. The summed E-state index contributed by atoms with van der Waals surface area (Å²) in [7, 11) is 1.42. The van der Waals surface area contributed by atoms with E-state index < -0.39 is 80.6 Å². The third-order valence-electron chi connectivity index (χ3n) is 8.82. The maximum Gasteiger partial charge on any atom is 0.305 e. The van der Waals surface area contributed by atoms with Crippen LogP contribution >= 0.6 is 0 Å². The molecule has 6 N–H and O–H groups in total. The van der Waals surface area contributed by atoms with E-state index in [9.17, 15) is 40.2 Å². The summed E-state index contributed by atoms with van der Waals surface area (Å²) in [6.07, 6.45) is 0.714. The van der Waals surface area contributed by atoms with Crippen molar-refractivity contribution in [3.8, 4) is 0 Å². The number of carbonyl (C=O) groups excluding carboxylic acids is 2. The summed E-state index contributed by atoms with van der Waals surface area (Å²) < 4.78 is 32.7. The summed E-state index contributed by atoms with van der Waals surface area (Å²) >= 11 is 0. The molecule has 2 rings (SSSR count). The number of hydrogen-bond donors (Lipinski definition) is 6. The SMILES string of the molecule is COC(=O)CCCCCCCCCCCCCCCC(C)O[C@@H]1O[C@H](CO)[C@@H](O)[C@H](O)[C@H]1O[C@@H]1O[C@H](COC(C)=O)[C@@H](O)[C@H](O)[C@H]1O. The minimum absolute atomic E-state index is 0.131. The van der Waals surface area contributed by atoms with Gasteiger partial charge in [0.05, 0.1) is 19.8 Å². The van der Waals surface area contributed by atoms with Gasteiger partial charge in [-0.05, 0) is 19.8 Å². The van der Waals surface area contributed by atoms with Crippen molar-refractivity contribution >= 4 is 11.9 Å². The van der Waals surface area contributed by atoms with Gasteiger partial charge in [-0.3, -0.25) is 9.59 Å². The molecular formula is C33H60O14. The van der Waals surface area contributed by atoms with E-state index in [0.717, 1.165) is 51.9 Å². The third-order valence-corrected chi connectivity index (χ3v) is 8.82. The highest BCUT2D eigenvalue weighted by atomic mass is 16.8. The molecule has 0 spiro atoms. The zero-order chi connectivity index (χ0) is 34.8. The second-order valence-electron chi connectivity index (χ2n) is 12.8. The van der Waals surface area contributed by atoms with Crippen LogP contribution in [0.2, 0.25) is 0 Å². The first-order chi connectivity index (χ1) is 22.5. The number of rotatable bonds is 23. The fourth-order valence-electron chi connectivity index (χ4n) is 5.88. The van der Waals surface area contributed by atoms with Gasteiger partial charge in [-0.1, -0.05) is 77.0 Å². The van der Waals surface area contributed by atoms with Crippen LogP contribution < -0.4 is 0 Å². The molecule has 2 fully saturated rings. The summed E-state index contributed by atoms with van der Waals surface area (Å²) in [6.45, 7) is 2.00. The van der Waals surface area contributed by atoms with Crippen LogP contribution in [-0.4, -0.2) is 130 Å². The van der Waals surface area contributed by atoms with Crippen LogP contribution in [0.1, 0.15) is 110 Å². The number of carbonyl (C=O) groups is 2.